The highest BCUT2D eigenvalue weighted by molar-refractivity contribution is 6.04. The Morgan fingerprint density at radius 1 is 1.31 bits per heavy atom. The number of rotatable bonds is 3. The zero-order chi connectivity index (χ0) is 11.7. The zero-order valence-corrected chi connectivity index (χ0v) is 9.43. The molecule has 86 valence electrons. The van der Waals surface area contributed by atoms with Crippen LogP contribution >= 0.6 is 0 Å². The van der Waals surface area contributed by atoms with Gasteiger partial charge in [0, 0.05) is 36.7 Å². The van der Waals surface area contributed by atoms with Crippen molar-refractivity contribution in [3.8, 4) is 0 Å². The molecule has 0 spiro atoms. The van der Waals surface area contributed by atoms with E-state index in [1.54, 1.807) is 26.4 Å². The number of carbonyl (C=O) groups excluding carboxylic acids is 2. The molecule has 1 aliphatic rings. The first-order chi connectivity index (χ1) is 7.61. The van der Waals surface area contributed by atoms with E-state index >= 15 is 0 Å². The van der Waals surface area contributed by atoms with Crippen LogP contribution in [0.25, 0.3) is 0 Å². The van der Waals surface area contributed by atoms with Crippen LogP contribution in [0.1, 0.15) is 19.5 Å². The van der Waals surface area contributed by atoms with Gasteiger partial charge in [-0.3, -0.25) is 14.5 Å². The summed E-state index contributed by atoms with van der Waals surface area (Å²) in [6, 6.07) is 0. The highest BCUT2D eigenvalue weighted by Gasteiger charge is 2.41. The molecule has 0 aliphatic carbocycles. The van der Waals surface area contributed by atoms with E-state index in [9.17, 15) is 9.59 Å². The molecule has 5 heteroatoms. The number of carbonyl (C=O) groups is 2. The lowest BCUT2D eigenvalue weighted by atomic mass is 10.00. The number of amides is 2. The molecule has 2 rings (SSSR count). The molecular formula is C11H15N3O2. The summed E-state index contributed by atoms with van der Waals surface area (Å²) in [7, 11) is 0. The number of nitrogens with one attached hydrogen (secondary N) is 1. The first kappa shape index (κ1) is 10.9. The summed E-state index contributed by atoms with van der Waals surface area (Å²) in [4.78, 5) is 31.7. The number of aromatic nitrogens is 2. The third-order valence-corrected chi connectivity index (χ3v) is 3.22. The standard InChI is InChI=1S/C11H15N3O2/c1-7-8(2)11(16)14(10(7)15)4-3-9-5-12-6-13-9/h5-8H,3-4H2,1-2H3,(H,12,13). The van der Waals surface area contributed by atoms with Crippen molar-refractivity contribution < 1.29 is 9.59 Å². The lowest BCUT2D eigenvalue weighted by molar-refractivity contribution is -0.139. The average molecular weight is 221 g/mol. The summed E-state index contributed by atoms with van der Waals surface area (Å²) in [5, 5.41) is 0. The van der Waals surface area contributed by atoms with E-state index in [0.717, 1.165) is 5.69 Å². The molecule has 0 aromatic carbocycles. The summed E-state index contributed by atoms with van der Waals surface area (Å²) in [6.45, 7) is 4.05. The van der Waals surface area contributed by atoms with E-state index < -0.39 is 0 Å². The van der Waals surface area contributed by atoms with Gasteiger partial charge in [0.1, 0.15) is 0 Å². The maximum atomic E-state index is 11.8. The Hall–Kier alpha value is -1.65. The van der Waals surface area contributed by atoms with E-state index in [-0.39, 0.29) is 23.7 Å². The number of imide groups is 1. The third-order valence-electron chi connectivity index (χ3n) is 3.22. The monoisotopic (exact) mass is 221 g/mol. The Bertz CT molecular complexity index is 379. The minimum Gasteiger partial charge on any atom is -0.348 e. The molecule has 1 aromatic rings. The third kappa shape index (κ3) is 1.73. The molecule has 1 fully saturated rings. The fourth-order valence-electron chi connectivity index (χ4n) is 1.90. The van der Waals surface area contributed by atoms with Crippen LogP contribution in [-0.2, 0) is 16.0 Å². The van der Waals surface area contributed by atoms with Gasteiger partial charge in [-0.15, -0.1) is 0 Å². The molecule has 2 atom stereocenters. The van der Waals surface area contributed by atoms with Gasteiger partial charge in [-0.05, 0) is 0 Å². The second-order valence-corrected chi connectivity index (χ2v) is 4.23. The molecule has 5 nitrogen and oxygen atoms in total. The Morgan fingerprint density at radius 3 is 2.44 bits per heavy atom. The second-order valence-electron chi connectivity index (χ2n) is 4.23. The van der Waals surface area contributed by atoms with E-state index in [1.807, 2.05) is 0 Å². The number of aromatic amines is 1. The fraction of sp³-hybridized carbons (Fsp3) is 0.545. The Morgan fingerprint density at radius 2 is 1.94 bits per heavy atom. The summed E-state index contributed by atoms with van der Waals surface area (Å²) in [5.74, 6) is -0.488. The summed E-state index contributed by atoms with van der Waals surface area (Å²) < 4.78 is 0. The minimum atomic E-state index is -0.186. The van der Waals surface area contributed by atoms with Gasteiger partial charge in [0.15, 0.2) is 0 Å². The maximum Gasteiger partial charge on any atom is 0.232 e. The first-order valence-electron chi connectivity index (χ1n) is 5.43. The van der Waals surface area contributed by atoms with Crippen LogP contribution in [0.2, 0.25) is 0 Å². The lowest BCUT2D eigenvalue weighted by Crippen LogP contribution is -2.32. The minimum absolute atomic E-state index is 0.0583. The highest BCUT2D eigenvalue weighted by atomic mass is 16.2. The smallest absolute Gasteiger partial charge is 0.232 e. The molecule has 0 radical (unpaired) electrons. The molecule has 16 heavy (non-hydrogen) atoms. The SMILES string of the molecule is CC1C(=O)N(CCc2cnc[nH]2)C(=O)C1C. The van der Waals surface area contributed by atoms with Gasteiger partial charge in [0.25, 0.3) is 0 Å². The fourth-order valence-corrected chi connectivity index (χ4v) is 1.90. The van der Waals surface area contributed by atoms with Gasteiger partial charge in [-0.2, -0.15) is 0 Å². The Balaban J connectivity index is 2.00. The molecular weight excluding hydrogens is 206 g/mol. The summed E-state index contributed by atoms with van der Waals surface area (Å²) >= 11 is 0. The Kier molecular flexibility index (Phi) is 2.77. The number of hydrogen-bond acceptors (Lipinski definition) is 3. The van der Waals surface area contributed by atoms with Crippen LogP contribution in [0.15, 0.2) is 12.5 Å². The van der Waals surface area contributed by atoms with Crippen LogP contribution in [0, 0.1) is 11.8 Å². The second kappa shape index (κ2) is 4.08. The molecule has 0 bridgehead atoms. The van der Waals surface area contributed by atoms with Gasteiger partial charge in [0.2, 0.25) is 11.8 Å². The molecule has 1 saturated heterocycles. The quantitative estimate of drug-likeness (QED) is 0.760. The van der Waals surface area contributed by atoms with Gasteiger partial charge < -0.3 is 4.98 Å². The van der Waals surface area contributed by atoms with Crippen LogP contribution in [0.4, 0.5) is 0 Å². The van der Waals surface area contributed by atoms with Gasteiger partial charge in [-0.1, -0.05) is 13.8 Å². The lowest BCUT2D eigenvalue weighted by Gasteiger charge is -2.13. The first-order valence-corrected chi connectivity index (χ1v) is 5.43. The predicted octanol–water partition coefficient (Wildman–Crippen LogP) is 0.593. The van der Waals surface area contributed by atoms with Crippen molar-refractivity contribution >= 4 is 11.8 Å². The molecule has 0 saturated carbocycles. The zero-order valence-electron chi connectivity index (χ0n) is 9.43. The van der Waals surface area contributed by atoms with Crippen molar-refractivity contribution in [3.05, 3.63) is 18.2 Å². The van der Waals surface area contributed by atoms with E-state index in [4.69, 9.17) is 0 Å². The van der Waals surface area contributed by atoms with Gasteiger partial charge in [-0.25, -0.2) is 4.98 Å². The largest absolute Gasteiger partial charge is 0.348 e. The molecule has 1 aliphatic heterocycles. The molecule has 1 N–H and O–H groups in total. The Labute approximate surface area is 93.9 Å². The number of likely N-dealkylation sites (tertiary alicyclic amines) is 1. The number of nitrogens with zero attached hydrogens (tertiary/aromatic N) is 2. The number of H-pyrrole nitrogens is 1. The van der Waals surface area contributed by atoms with Crippen LogP contribution in [-0.4, -0.2) is 33.2 Å². The topological polar surface area (TPSA) is 66.1 Å². The molecule has 2 heterocycles. The van der Waals surface area contributed by atoms with Crippen LogP contribution in [0.3, 0.4) is 0 Å². The molecule has 2 amide bonds. The van der Waals surface area contributed by atoms with Gasteiger partial charge >= 0.3 is 0 Å². The van der Waals surface area contributed by atoms with Crippen molar-refractivity contribution in [2.75, 3.05) is 6.54 Å². The van der Waals surface area contributed by atoms with Crippen molar-refractivity contribution in [2.45, 2.75) is 20.3 Å². The number of imidazole rings is 1. The normalized spacial score (nSPS) is 25.5. The molecule has 1 aromatic heterocycles. The van der Waals surface area contributed by atoms with E-state index in [0.29, 0.717) is 13.0 Å². The average Bonchev–Trinajstić information content (AvgIpc) is 2.84. The van der Waals surface area contributed by atoms with Crippen molar-refractivity contribution in [1.82, 2.24) is 14.9 Å². The van der Waals surface area contributed by atoms with Crippen molar-refractivity contribution in [3.63, 3.8) is 0 Å². The van der Waals surface area contributed by atoms with E-state index in [2.05, 4.69) is 9.97 Å². The highest BCUT2D eigenvalue weighted by Crippen LogP contribution is 2.25. The van der Waals surface area contributed by atoms with Crippen LogP contribution in [0.5, 0.6) is 0 Å². The van der Waals surface area contributed by atoms with Crippen LogP contribution < -0.4 is 0 Å². The number of hydrogen-bond donors (Lipinski definition) is 1. The summed E-state index contributed by atoms with van der Waals surface area (Å²) in [5.41, 5.74) is 0.938. The van der Waals surface area contributed by atoms with Gasteiger partial charge in [0.05, 0.1) is 6.33 Å². The van der Waals surface area contributed by atoms with Crippen molar-refractivity contribution in [2.24, 2.45) is 11.8 Å². The molecule has 2 unspecified atom stereocenters. The van der Waals surface area contributed by atoms with E-state index in [1.165, 1.54) is 4.90 Å². The van der Waals surface area contributed by atoms with Crippen molar-refractivity contribution in [1.29, 1.82) is 0 Å². The predicted molar refractivity (Wildman–Crippen MR) is 57.3 cm³/mol. The summed E-state index contributed by atoms with van der Waals surface area (Å²) in [6.07, 6.45) is 3.93. The maximum absolute atomic E-state index is 11.8.